The molecular formula is C19H23N5O. The second-order valence-electron chi connectivity index (χ2n) is 6.74. The average molecular weight is 337 g/mol. The number of rotatable bonds is 5. The van der Waals surface area contributed by atoms with E-state index in [0.717, 1.165) is 43.1 Å². The van der Waals surface area contributed by atoms with E-state index in [1.54, 1.807) is 0 Å². The molecule has 1 aliphatic rings. The van der Waals surface area contributed by atoms with Gasteiger partial charge < -0.3 is 14.7 Å². The minimum Gasteiger partial charge on any atom is -0.368 e. The largest absolute Gasteiger partial charge is 0.368 e. The molecule has 0 amide bonds. The number of anilines is 1. The maximum absolute atomic E-state index is 5.19. The zero-order chi connectivity index (χ0) is 17.2. The summed E-state index contributed by atoms with van der Waals surface area (Å²) in [6.45, 7) is 8.23. The summed E-state index contributed by atoms with van der Waals surface area (Å²) in [7, 11) is 0. The van der Waals surface area contributed by atoms with Gasteiger partial charge in [-0.3, -0.25) is 0 Å². The van der Waals surface area contributed by atoms with E-state index in [9.17, 15) is 0 Å². The maximum Gasteiger partial charge on any atom is 0.263 e. The number of benzene rings is 1. The topological polar surface area (TPSA) is 67.1 Å². The second kappa shape index (κ2) is 6.80. The summed E-state index contributed by atoms with van der Waals surface area (Å²) in [6.07, 6.45) is 2.74. The highest BCUT2D eigenvalue weighted by Crippen LogP contribution is 2.29. The summed E-state index contributed by atoms with van der Waals surface area (Å²) in [5, 5.41) is 8.26. The van der Waals surface area contributed by atoms with Gasteiger partial charge in [0.05, 0.1) is 5.69 Å². The number of hydrogen-bond acceptors (Lipinski definition) is 6. The molecule has 0 aliphatic carbocycles. The van der Waals surface area contributed by atoms with Crippen LogP contribution >= 0.6 is 0 Å². The number of aromatic nitrogens is 3. The number of likely N-dealkylation sites (tertiary alicyclic amines) is 1. The lowest BCUT2D eigenvalue weighted by Gasteiger charge is -2.17. The molecule has 1 fully saturated rings. The van der Waals surface area contributed by atoms with Crippen molar-refractivity contribution < 1.29 is 4.52 Å². The summed E-state index contributed by atoms with van der Waals surface area (Å²) in [4.78, 5) is 11.0. The van der Waals surface area contributed by atoms with Crippen molar-refractivity contribution in [3.05, 3.63) is 47.4 Å². The summed E-state index contributed by atoms with van der Waals surface area (Å²) in [5.74, 6) is 1.45. The predicted molar refractivity (Wildman–Crippen MR) is 97.8 cm³/mol. The van der Waals surface area contributed by atoms with Crippen LogP contribution < -0.4 is 5.32 Å². The first-order valence-electron chi connectivity index (χ1n) is 8.81. The Kier molecular flexibility index (Phi) is 4.36. The van der Waals surface area contributed by atoms with Gasteiger partial charge in [-0.1, -0.05) is 29.4 Å². The molecule has 0 radical (unpaired) electrons. The number of aryl methyl sites for hydroxylation is 2. The molecule has 1 aromatic carbocycles. The zero-order valence-corrected chi connectivity index (χ0v) is 14.7. The first-order valence-corrected chi connectivity index (χ1v) is 8.81. The lowest BCUT2D eigenvalue weighted by Crippen LogP contribution is -2.27. The molecule has 0 bridgehead atoms. The molecule has 1 atom stereocenters. The van der Waals surface area contributed by atoms with Gasteiger partial charge in [0.1, 0.15) is 17.5 Å². The van der Waals surface area contributed by atoms with E-state index in [2.05, 4.69) is 56.5 Å². The van der Waals surface area contributed by atoms with Gasteiger partial charge in [-0.05, 0) is 43.9 Å². The highest BCUT2D eigenvalue weighted by molar-refractivity contribution is 5.87. The van der Waals surface area contributed by atoms with Crippen LogP contribution in [-0.2, 0) is 0 Å². The van der Waals surface area contributed by atoms with Gasteiger partial charge in [-0.2, -0.15) is 4.98 Å². The molecule has 0 saturated carbocycles. The monoisotopic (exact) mass is 337 g/mol. The number of hydrogen-bond donors (Lipinski definition) is 1. The minimum atomic E-state index is 0.538. The number of nitrogens with zero attached hydrogens (tertiary/aromatic N) is 4. The van der Waals surface area contributed by atoms with Gasteiger partial charge in [0.2, 0.25) is 0 Å². The van der Waals surface area contributed by atoms with Crippen molar-refractivity contribution in [2.45, 2.75) is 26.2 Å². The molecule has 130 valence electrons. The normalized spacial score (nSPS) is 18.1. The van der Waals surface area contributed by atoms with E-state index in [-0.39, 0.29) is 0 Å². The first-order chi connectivity index (χ1) is 12.2. The molecule has 1 unspecified atom stereocenters. The Morgan fingerprint density at radius 2 is 2.12 bits per heavy atom. The van der Waals surface area contributed by atoms with E-state index >= 15 is 0 Å². The maximum atomic E-state index is 5.19. The smallest absolute Gasteiger partial charge is 0.263 e. The van der Waals surface area contributed by atoms with Crippen LogP contribution in [0.1, 0.15) is 29.2 Å². The first kappa shape index (κ1) is 16.0. The molecule has 1 N–H and O–H groups in total. The predicted octanol–water partition coefficient (Wildman–Crippen LogP) is 3.14. The number of nitrogens with one attached hydrogen (secondary N) is 1. The van der Waals surface area contributed by atoms with E-state index in [4.69, 9.17) is 4.52 Å². The third kappa shape index (κ3) is 3.22. The van der Waals surface area contributed by atoms with Crippen LogP contribution in [-0.4, -0.2) is 46.2 Å². The van der Waals surface area contributed by atoms with Crippen LogP contribution in [0.3, 0.4) is 0 Å². The van der Waals surface area contributed by atoms with Crippen LogP contribution in [0.4, 0.5) is 5.82 Å². The Hall–Kier alpha value is -2.47. The lowest BCUT2D eigenvalue weighted by atomic mass is 9.94. The van der Waals surface area contributed by atoms with Crippen molar-refractivity contribution in [3.63, 3.8) is 0 Å². The highest BCUT2D eigenvalue weighted by Gasteiger charge is 2.24. The molecule has 3 heterocycles. The van der Waals surface area contributed by atoms with Crippen LogP contribution in [0.5, 0.6) is 0 Å². The van der Waals surface area contributed by atoms with E-state index in [1.165, 1.54) is 23.9 Å². The summed E-state index contributed by atoms with van der Waals surface area (Å²) < 4.78 is 5.19. The Bertz CT molecular complexity index is 875. The van der Waals surface area contributed by atoms with Crippen molar-refractivity contribution in [1.82, 2.24) is 20.0 Å². The standard InChI is InChI=1S/C19H23N5O/c1-13-5-3-4-6-16(13)15-7-9-24(11-15)10-8-20-18-17-14(2)23-25-19(17)22-12-21-18/h3-6,12,15H,7-11H2,1-2H3,(H,20,21,22). The Morgan fingerprint density at radius 1 is 1.24 bits per heavy atom. The van der Waals surface area contributed by atoms with Gasteiger partial charge in [0.25, 0.3) is 5.71 Å². The summed E-state index contributed by atoms with van der Waals surface area (Å²) >= 11 is 0. The molecule has 0 spiro atoms. The van der Waals surface area contributed by atoms with Crippen molar-refractivity contribution >= 4 is 16.9 Å². The molecule has 4 rings (SSSR count). The van der Waals surface area contributed by atoms with E-state index in [0.29, 0.717) is 11.6 Å². The van der Waals surface area contributed by atoms with Crippen molar-refractivity contribution in [2.24, 2.45) is 0 Å². The van der Waals surface area contributed by atoms with Crippen LogP contribution in [0.25, 0.3) is 11.1 Å². The van der Waals surface area contributed by atoms with Gasteiger partial charge >= 0.3 is 0 Å². The average Bonchev–Trinajstić information content (AvgIpc) is 3.23. The number of fused-ring (bicyclic) bond motifs is 1. The minimum absolute atomic E-state index is 0.538. The van der Waals surface area contributed by atoms with E-state index in [1.807, 2.05) is 6.92 Å². The SMILES string of the molecule is Cc1ccccc1C1CCN(CCNc2ncnc3onc(C)c23)C1. The Morgan fingerprint density at radius 3 is 3.00 bits per heavy atom. The Labute approximate surface area is 147 Å². The van der Waals surface area contributed by atoms with Gasteiger partial charge in [-0.15, -0.1) is 0 Å². The Balaban J connectivity index is 1.35. The summed E-state index contributed by atoms with van der Waals surface area (Å²) in [5.41, 5.74) is 4.25. The fourth-order valence-corrected chi connectivity index (χ4v) is 3.72. The quantitative estimate of drug-likeness (QED) is 0.771. The highest BCUT2D eigenvalue weighted by atomic mass is 16.5. The molecule has 6 nitrogen and oxygen atoms in total. The molecular weight excluding hydrogens is 314 g/mol. The fraction of sp³-hybridized carbons (Fsp3) is 0.421. The molecule has 2 aromatic heterocycles. The van der Waals surface area contributed by atoms with E-state index < -0.39 is 0 Å². The molecule has 1 aliphatic heterocycles. The fourth-order valence-electron chi connectivity index (χ4n) is 3.72. The molecule has 1 saturated heterocycles. The van der Waals surface area contributed by atoms with Gasteiger partial charge in [0.15, 0.2) is 0 Å². The lowest BCUT2D eigenvalue weighted by molar-refractivity contribution is 0.347. The summed E-state index contributed by atoms with van der Waals surface area (Å²) in [6, 6.07) is 8.74. The van der Waals surface area contributed by atoms with Gasteiger partial charge in [0, 0.05) is 19.6 Å². The second-order valence-corrected chi connectivity index (χ2v) is 6.74. The van der Waals surface area contributed by atoms with Crippen LogP contribution in [0, 0.1) is 13.8 Å². The molecule has 6 heteroatoms. The molecule has 3 aromatic rings. The van der Waals surface area contributed by atoms with Crippen molar-refractivity contribution in [2.75, 3.05) is 31.5 Å². The van der Waals surface area contributed by atoms with Crippen LogP contribution in [0.15, 0.2) is 35.1 Å². The third-order valence-corrected chi connectivity index (χ3v) is 5.06. The molecule has 25 heavy (non-hydrogen) atoms. The van der Waals surface area contributed by atoms with Crippen LogP contribution in [0.2, 0.25) is 0 Å². The zero-order valence-electron chi connectivity index (χ0n) is 14.7. The van der Waals surface area contributed by atoms with Gasteiger partial charge in [-0.25, -0.2) is 4.98 Å². The third-order valence-electron chi connectivity index (χ3n) is 5.06. The van der Waals surface area contributed by atoms with Crippen molar-refractivity contribution in [1.29, 1.82) is 0 Å². The van der Waals surface area contributed by atoms with Crippen molar-refractivity contribution in [3.8, 4) is 0 Å².